The van der Waals surface area contributed by atoms with Gasteiger partial charge in [-0.15, -0.1) is 0 Å². The van der Waals surface area contributed by atoms with Crippen molar-refractivity contribution in [2.45, 2.75) is 45.1 Å². The molecule has 1 nitrogen and oxygen atoms in total. The summed E-state index contributed by atoms with van der Waals surface area (Å²) in [6.07, 6.45) is 5.67. The molecule has 0 saturated carbocycles. The number of nitrogens with one attached hydrogen (secondary N) is 1. The number of hydrogen-bond acceptors (Lipinski definition) is 1. The van der Waals surface area contributed by atoms with Crippen LogP contribution in [-0.2, 0) is 12.8 Å². The zero-order valence-electron chi connectivity index (χ0n) is 9.93. The van der Waals surface area contributed by atoms with Gasteiger partial charge in [-0.1, -0.05) is 19.4 Å². The van der Waals surface area contributed by atoms with Gasteiger partial charge in [0.15, 0.2) is 0 Å². The molecule has 2 heteroatoms. The van der Waals surface area contributed by atoms with Crippen LogP contribution in [0.5, 0.6) is 0 Å². The minimum atomic E-state index is -0.0924. The number of piperidine rings is 1. The van der Waals surface area contributed by atoms with Gasteiger partial charge in [0.25, 0.3) is 0 Å². The summed E-state index contributed by atoms with van der Waals surface area (Å²) in [6.45, 7) is 3.18. The lowest BCUT2D eigenvalue weighted by molar-refractivity contribution is 0.399. The molecule has 1 aromatic rings. The maximum absolute atomic E-state index is 13.3. The van der Waals surface area contributed by atoms with Crippen molar-refractivity contribution >= 4 is 0 Å². The van der Waals surface area contributed by atoms with Crippen molar-refractivity contribution < 1.29 is 4.39 Å². The van der Waals surface area contributed by atoms with Gasteiger partial charge in [-0.3, -0.25) is 0 Å². The van der Waals surface area contributed by atoms with E-state index in [0.29, 0.717) is 6.04 Å². The molecule has 0 amide bonds. The van der Waals surface area contributed by atoms with E-state index in [1.165, 1.54) is 19.3 Å². The number of rotatable bonds is 3. The first-order valence-electron chi connectivity index (χ1n) is 6.29. The fourth-order valence-electron chi connectivity index (χ4n) is 2.42. The van der Waals surface area contributed by atoms with Gasteiger partial charge in [0.2, 0.25) is 0 Å². The molecular formula is C14H20FN. The molecule has 88 valence electrons. The molecule has 0 radical (unpaired) electrons. The summed E-state index contributed by atoms with van der Waals surface area (Å²) in [4.78, 5) is 0. The minimum Gasteiger partial charge on any atom is -0.314 e. The Balaban J connectivity index is 2.04. The smallest absolute Gasteiger partial charge is 0.123 e. The van der Waals surface area contributed by atoms with E-state index in [-0.39, 0.29) is 5.82 Å². The molecule has 0 aromatic heterocycles. The van der Waals surface area contributed by atoms with Crippen molar-refractivity contribution in [1.29, 1.82) is 0 Å². The third-order valence-electron chi connectivity index (χ3n) is 3.32. The lowest BCUT2D eigenvalue weighted by atomic mass is 9.96. The van der Waals surface area contributed by atoms with Gasteiger partial charge in [0.1, 0.15) is 5.82 Å². The average molecular weight is 221 g/mol. The van der Waals surface area contributed by atoms with E-state index in [1.54, 1.807) is 12.1 Å². The van der Waals surface area contributed by atoms with Crippen molar-refractivity contribution in [2.75, 3.05) is 6.54 Å². The SMILES string of the molecule is CCc1cc(F)cc(CC2CCCCN2)c1. The Kier molecular flexibility index (Phi) is 3.94. The fraction of sp³-hybridized carbons (Fsp3) is 0.571. The minimum absolute atomic E-state index is 0.0924. The Labute approximate surface area is 97.1 Å². The molecule has 0 spiro atoms. The lowest BCUT2D eigenvalue weighted by Gasteiger charge is -2.23. The summed E-state index contributed by atoms with van der Waals surface area (Å²) in [5.41, 5.74) is 2.24. The molecule has 1 saturated heterocycles. The summed E-state index contributed by atoms with van der Waals surface area (Å²) in [6, 6.07) is 5.99. The lowest BCUT2D eigenvalue weighted by Crippen LogP contribution is -2.35. The molecule has 1 atom stereocenters. The van der Waals surface area contributed by atoms with Crippen LogP contribution in [0.15, 0.2) is 18.2 Å². The Hall–Kier alpha value is -0.890. The average Bonchev–Trinajstić information content (AvgIpc) is 2.29. The third kappa shape index (κ3) is 3.05. The second-order valence-electron chi connectivity index (χ2n) is 4.67. The molecule has 0 aliphatic carbocycles. The van der Waals surface area contributed by atoms with E-state index in [0.717, 1.165) is 30.5 Å². The molecule has 1 fully saturated rings. The first-order valence-corrected chi connectivity index (χ1v) is 6.29. The first-order chi connectivity index (χ1) is 7.78. The molecule has 1 heterocycles. The highest BCUT2D eigenvalue weighted by molar-refractivity contribution is 5.25. The normalized spacial score (nSPS) is 21.0. The van der Waals surface area contributed by atoms with Gasteiger partial charge in [-0.2, -0.15) is 0 Å². The summed E-state index contributed by atoms with van der Waals surface area (Å²) in [5.74, 6) is -0.0924. The van der Waals surface area contributed by atoms with Gasteiger partial charge in [-0.05, 0) is 55.5 Å². The van der Waals surface area contributed by atoms with Crippen LogP contribution in [0.4, 0.5) is 4.39 Å². The second kappa shape index (κ2) is 5.44. The molecule has 2 rings (SSSR count). The zero-order chi connectivity index (χ0) is 11.4. The highest BCUT2D eigenvalue weighted by Crippen LogP contribution is 2.16. The molecule has 16 heavy (non-hydrogen) atoms. The fourth-order valence-corrected chi connectivity index (χ4v) is 2.42. The summed E-state index contributed by atoms with van der Waals surface area (Å²) in [5, 5.41) is 3.50. The molecule has 1 N–H and O–H groups in total. The largest absolute Gasteiger partial charge is 0.314 e. The Morgan fingerprint density at radius 3 is 2.75 bits per heavy atom. The molecule has 0 bridgehead atoms. The Morgan fingerprint density at radius 1 is 1.25 bits per heavy atom. The van der Waals surface area contributed by atoms with Crippen molar-refractivity contribution in [3.63, 3.8) is 0 Å². The topological polar surface area (TPSA) is 12.0 Å². The quantitative estimate of drug-likeness (QED) is 0.827. The van der Waals surface area contributed by atoms with E-state index >= 15 is 0 Å². The molecule has 1 unspecified atom stereocenters. The summed E-state index contributed by atoms with van der Waals surface area (Å²) < 4.78 is 13.3. The summed E-state index contributed by atoms with van der Waals surface area (Å²) >= 11 is 0. The van der Waals surface area contributed by atoms with Crippen LogP contribution in [0.25, 0.3) is 0 Å². The molecular weight excluding hydrogens is 201 g/mol. The van der Waals surface area contributed by atoms with Crippen LogP contribution in [0.1, 0.15) is 37.3 Å². The van der Waals surface area contributed by atoms with Crippen molar-refractivity contribution in [3.05, 3.63) is 35.1 Å². The summed E-state index contributed by atoms with van der Waals surface area (Å²) in [7, 11) is 0. The molecule has 1 aliphatic rings. The molecule has 1 aromatic carbocycles. The number of halogens is 1. The van der Waals surface area contributed by atoms with Gasteiger partial charge in [0, 0.05) is 6.04 Å². The number of benzene rings is 1. The van der Waals surface area contributed by atoms with Crippen LogP contribution >= 0.6 is 0 Å². The molecule has 1 aliphatic heterocycles. The van der Waals surface area contributed by atoms with E-state index in [1.807, 2.05) is 0 Å². The predicted molar refractivity (Wildman–Crippen MR) is 65.1 cm³/mol. The van der Waals surface area contributed by atoms with Gasteiger partial charge in [-0.25, -0.2) is 4.39 Å². The number of aryl methyl sites for hydroxylation is 1. The van der Waals surface area contributed by atoms with Gasteiger partial charge < -0.3 is 5.32 Å². The van der Waals surface area contributed by atoms with E-state index < -0.39 is 0 Å². The first kappa shape index (κ1) is 11.6. The standard InChI is InChI=1S/C14H20FN/c1-2-11-7-12(9-13(15)8-11)10-14-5-3-4-6-16-14/h7-9,14,16H,2-6,10H2,1H3. The van der Waals surface area contributed by atoms with E-state index in [2.05, 4.69) is 18.3 Å². The van der Waals surface area contributed by atoms with E-state index in [9.17, 15) is 4.39 Å². The van der Waals surface area contributed by atoms with Crippen molar-refractivity contribution in [1.82, 2.24) is 5.32 Å². The Bertz CT molecular complexity index is 343. The maximum atomic E-state index is 13.3. The number of hydrogen-bond donors (Lipinski definition) is 1. The maximum Gasteiger partial charge on any atom is 0.123 e. The highest BCUT2D eigenvalue weighted by Gasteiger charge is 2.13. The van der Waals surface area contributed by atoms with Gasteiger partial charge >= 0.3 is 0 Å². The van der Waals surface area contributed by atoms with Gasteiger partial charge in [0.05, 0.1) is 0 Å². The van der Waals surface area contributed by atoms with Crippen LogP contribution < -0.4 is 5.32 Å². The van der Waals surface area contributed by atoms with Crippen LogP contribution in [0, 0.1) is 5.82 Å². The van der Waals surface area contributed by atoms with Crippen LogP contribution in [0.2, 0.25) is 0 Å². The monoisotopic (exact) mass is 221 g/mol. The third-order valence-corrected chi connectivity index (χ3v) is 3.32. The van der Waals surface area contributed by atoms with Crippen molar-refractivity contribution in [2.24, 2.45) is 0 Å². The predicted octanol–water partition coefficient (Wildman–Crippen LogP) is 3.07. The van der Waals surface area contributed by atoms with Crippen molar-refractivity contribution in [3.8, 4) is 0 Å². The Morgan fingerprint density at radius 2 is 2.06 bits per heavy atom. The van der Waals surface area contributed by atoms with E-state index in [4.69, 9.17) is 0 Å². The zero-order valence-corrected chi connectivity index (χ0v) is 9.93. The highest BCUT2D eigenvalue weighted by atomic mass is 19.1. The van der Waals surface area contributed by atoms with Crippen LogP contribution in [0.3, 0.4) is 0 Å². The second-order valence-corrected chi connectivity index (χ2v) is 4.67. The van der Waals surface area contributed by atoms with Crippen LogP contribution in [-0.4, -0.2) is 12.6 Å².